The Balaban J connectivity index is 0.000000588. The summed E-state index contributed by atoms with van der Waals surface area (Å²) in [6.07, 6.45) is 3.48. The molecule has 8 heteroatoms. The summed E-state index contributed by atoms with van der Waals surface area (Å²) in [6.45, 7) is 9.19. The minimum Gasteiger partial charge on any atom is -0.330 e. The first-order valence-electron chi connectivity index (χ1n) is 11.7. The number of hydrogen-bond acceptors (Lipinski definition) is 5. The highest BCUT2D eigenvalue weighted by Gasteiger charge is 2.22. The second-order valence-electron chi connectivity index (χ2n) is 7.96. The van der Waals surface area contributed by atoms with Crippen molar-refractivity contribution in [3.05, 3.63) is 70.6 Å². The van der Waals surface area contributed by atoms with Crippen molar-refractivity contribution in [2.45, 2.75) is 39.5 Å². The van der Waals surface area contributed by atoms with E-state index in [0.717, 1.165) is 59.6 Å². The highest BCUT2D eigenvalue weighted by Crippen LogP contribution is 2.35. The first-order valence-corrected chi connectivity index (χ1v) is 12.4. The highest BCUT2D eigenvalue weighted by molar-refractivity contribution is 6.32. The minimum absolute atomic E-state index is 0.219. The van der Waals surface area contributed by atoms with E-state index in [-0.39, 0.29) is 5.92 Å². The molecule has 0 spiro atoms. The summed E-state index contributed by atoms with van der Waals surface area (Å²) >= 11 is 12.6. The maximum absolute atomic E-state index is 6.51. The monoisotopic (exact) mass is 498 g/mol. The van der Waals surface area contributed by atoms with E-state index in [1.54, 1.807) is 6.33 Å². The molecule has 0 aliphatic rings. The number of nitrogens with one attached hydrogen (secondary N) is 1. The summed E-state index contributed by atoms with van der Waals surface area (Å²) in [6, 6.07) is 15.3. The Hall–Kier alpha value is -2.51. The first-order chi connectivity index (χ1) is 16.5. The molecule has 2 heterocycles. The minimum atomic E-state index is 0.219. The van der Waals surface area contributed by atoms with E-state index < -0.39 is 0 Å². The van der Waals surface area contributed by atoms with Crippen LogP contribution in [-0.2, 0) is 0 Å². The lowest BCUT2D eigenvalue weighted by atomic mass is 10.00. The van der Waals surface area contributed by atoms with Crippen LogP contribution in [0.15, 0.2) is 54.9 Å². The van der Waals surface area contributed by atoms with Crippen LogP contribution in [0.2, 0.25) is 10.0 Å². The number of rotatable bonds is 8. The molecule has 0 aliphatic heterocycles. The van der Waals surface area contributed by atoms with Gasteiger partial charge in [0.05, 0.1) is 16.4 Å². The standard InChI is InChI=1S/C22H21Cl2N5.C4H11N/c1-14(5-4-12-25)19-20-21(27-13-26-19)22(15-8-10-16(23)11-9-15)29(28-20)18-7-3-2-6-17(18)24;1-3-5-4-2/h2-3,6-11,13-14H,4-5,12,25H2,1H3;5H,3-4H2,1-2H3. The van der Waals surface area contributed by atoms with Crippen LogP contribution in [-0.4, -0.2) is 39.4 Å². The fraction of sp³-hybridized carbons (Fsp3) is 0.346. The van der Waals surface area contributed by atoms with Crippen LogP contribution in [0.1, 0.15) is 45.2 Å². The molecule has 0 aliphatic carbocycles. The van der Waals surface area contributed by atoms with Crippen molar-refractivity contribution in [3.8, 4) is 16.9 Å². The number of para-hydroxylation sites is 1. The smallest absolute Gasteiger partial charge is 0.134 e. The van der Waals surface area contributed by atoms with Gasteiger partial charge in [0, 0.05) is 16.5 Å². The molecule has 4 aromatic rings. The van der Waals surface area contributed by atoms with Crippen molar-refractivity contribution in [2.75, 3.05) is 19.6 Å². The molecule has 0 saturated carbocycles. The summed E-state index contributed by atoms with van der Waals surface area (Å²) in [4.78, 5) is 9.14. The third-order valence-electron chi connectivity index (χ3n) is 5.49. The van der Waals surface area contributed by atoms with Crippen molar-refractivity contribution in [1.29, 1.82) is 0 Å². The van der Waals surface area contributed by atoms with Gasteiger partial charge in [-0.25, -0.2) is 14.6 Å². The molecular weight excluding hydrogens is 467 g/mol. The zero-order valence-corrected chi connectivity index (χ0v) is 21.4. The Morgan fingerprint density at radius 1 is 0.971 bits per heavy atom. The van der Waals surface area contributed by atoms with Crippen LogP contribution in [0.5, 0.6) is 0 Å². The van der Waals surface area contributed by atoms with E-state index in [2.05, 4.69) is 36.1 Å². The van der Waals surface area contributed by atoms with Gasteiger partial charge in [0.2, 0.25) is 0 Å². The van der Waals surface area contributed by atoms with Crippen molar-refractivity contribution < 1.29 is 0 Å². The molecule has 0 fully saturated rings. The van der Waals surface area contributed by atoms with Gasteiger partial charge < -0.3 is 11.1 Å². The summed E-state index contributed by atoms with van der Waals surface area (Å²) in [7, 11) is 0. The first kappa shape index (κ1) is 26.1. The predicted molar refractivity (Wildman–Crippen MR) is 143 cm³/mol. The Morgan fingerprint density at radius 3 is 2.29 bits per heavy atom. The zero-order chi connectivity index (χ0) is 24.5. The Bertz CT molecular complexity index is 1190. The Morgan fingerprint density at radius 2 is 1.68 bits per heavy atom. The second kappa shape index (κ2) is 12.8. The number of aromatic nitrogens is 4. The van der Waals surface area contributed by atoms with Crippen LogP contribution in [0, 0.1) is 0 Å². The Kier molecular flexibility index (Phi) is 9.84. The van der Waals surface area contributed by atoms with Crippen LogP contribution in [0.4, 0.5) is 0 Å². The average molecular weight is 499 g/mol. The fourth-order valence-electron chi connectivity index (χ4n) is 3.75. The average Bonchev–Trinajstić information content (AvgIpc) is 3.23. The van der Waals surface area contributed by atoms with Gasteiger partial charge in [-0.15, -0.1) is 0 Å². The lowest BCUT2D eigenvalue weighted by Crippen LogP contribution is -2.09. The van der Waals surface area contributed by atoms with E-state index in [1.807, 2.05) is 53.2 Å². The molecule has 4 rings (SSSR count). The van der Waals surface area contributed by atoms with Crippen LogP contribution in [0.3, 0.4) is 0 Å². The number of halogens is 2. The van der Waals surface area contributed by atoms with Gasteiger partial charge >= 0.3 is 0 Å². The van der Waals surface area contributed by atoms with Gasteiger partial charge in [-0.3, -0.25) is 0 Å². The van der Waals surface area contributed by atoms with Crippen molar-refractivity contribution in [1.82, 2.24) is 25.1 Å². The molecule has 0 saturated heterocycles. The zero-order valence-electron chi connectivity index (χ0n) is 19.9. The lowest BCUT2D eigenvalue weighted by molar-refractivity contribution is 0.628. The van der Waals surface area contributed by atoms with E-state index in [4.69, 9.17) is 34.0 Å². The molecule has 0 amide bonds. The number of hydrogen-bond donors (Lipinski definition) is 2. The summed E-state index contributed by atoms with van der Waals surface area (Å²) < 4.78 is 1.85. The van der Waals surface area contributed by atoms with E-state index >= 15 is 0 Å². The SMILES string of the molecule is CC(CCCN)c1ncnc2c(-c3ccc(Cl)cc3)n(-c3ccccc3Cl)nc12.CCNCC. The Labute approximate surface area is 211 Å². The predicted octanol–water partition coefficient (Wildman–Crippen LogP) is 6.25. The topological polar surface area (TPSA) is 81.7 Å². The molecule has 6 nitrogen and oxygen atoms in total. The molecular formula is C26H32Cl2N6. The molecule has 0 bridgehead atoms. The van der Waals surface area contributed by atoms with Crippen LogP contribution >= 0.6 is 23.2 Å². The summed E-state index contributed by atoms with van der Waals surface area (Å²) in [5.74, 6) is 0.219. The molecule has 2 aromatic heterocycles. The summed E-state index contributed by atoms with van der Waals surface area (Å²) in [5, 5.41) is 9.31. The molecule has 2 aromatic carbocycles. The quantitative estimate of drug-likeness (QED) is 0.300. The molecule has 1 atom stereocenters. The van der Waals surface area contributed by atoms with Gasteiger partial charge in [-0.2, -0.15) is 5.10 Å². The van der Waals surface area contributed by atoms with Gasteiger partial charge in [0.1, 0.15) is 23.1 Å². The highest BCUT2D eigenvalue weighted by atomic mass is 35.5. The summed E-state index contributed by atoms with van der Waals surface area (Å²) in [5.41, 5.74) is 10.8. The largest absolute Gasteiger partial charge is 0.330 e. The number of nitrogens with zero attached hydrogens (tertiary/aromatic N) is 4. The van der Waals surface area contributed by atoms with E-state index in [0.29, 0.717) is 16.6 Å². The molecule has 180 valence electrons. The maximum Gasteiger partial charge on any atom is 0.134 e. The number of fused-ring (bicyclic) bond motifs is 1. The molecule has 1 unspecified atom stereocenters. The third kappa shape index (κ3) is 6.13. The fourth-order valence-corrected chi connectivity index (χ4v) is 4.09. The van der Waals surface area contributed by atoms with E-state index in [1.165, 1.54) is 0 Å². The van der Waals surface area contributed by atoms with Gasteiger partial charge in [0.25, 0.3) is 0 Å². The molecule has 34 heavy (non-hydrogen) atoms. The van der Waals surface area contributed by atoms with Crippen LogP contribution in [0.25, 0.3) is 28.0 Å². The maximum atomic E-state index is 6.51. The third-order valence-corrected chi connectivity index (χ3v) is 6.06. The van der Waals surface area contributed by atoms with Crippen molar-refractivity contribution in [2.24, 2.45) is 5.73 Å². The van der Waals surface area contributed by atoms with Gasteiger partial charge in [0.15, 0.2) is 0 Å². The number of nitrogens with two attached hydrogens (primary N) is 1. The van der Waals surface area contributed by atoms with Crippen molar-refractivity contribution >= 4 is 34.2 Å². The van der Waals surface area contributed by atoms with Gasteiger partial charge in [-0.05, 0) is 56.7 Å². The molecule has 3 N–H and O–H groups in total. The lowest BCUT2D eigenvalue weighted by Gasteiger charge is -2.10. The van der Waals surface area contributed by atoms with E-state index in [9.17, 15) is 0 Å². The van der Waals surface area contributed by atoms with Gasteiger partial charge in [-0.1, -0.05) is 68.2 Å². The van der Waals surface area contributed by atoms with Crippen LogP contribution < -0.4 is 11.1 Å². The molecule has 0 radical (unpaired) electrons. The second-order valence-corrected chi connectivity index (χ2v) is 8.81. The number of benzene rings is 2. The van der Waals surface area contributed by atoms with Crippen molar-refractivity contribution in [3.63, 3.8) is 0 Å². The normalized spacial score (nSPS) is 11.8.